The Morgan fingerprint density at radius 1 is 1.42 bits per heavy atom. The van der Waals surface area contributed by atoms with Gasteiger partial charge in [0.2, 0.25) is 5.76 Å². The Morgan fingerprint density at radius 3 is 2.67 bits per heavy atom. The molecule has 1 saturated heterocycles. The van der Waals surface area contributed by atoms with Crippen molar-refractivity contribution >= 4 is 17.3 Å². The van der Waals surface area contributed by atoms with Gasteiger partial charge in [-0.05, 0) is 25.9 Å². The molecular formula is C17H23N3O3S. The van der Waals surface area contributed by atoms with E-state index < -0.39 is 5.97 Å². The average molecular weight is 349 g/mol. The number of hydrogen-bond acceptors (Lipinski definition) is 6. The molecule has 3 rings (SSSR count). The minimum atomic E-state index is -1.06. The van der Waals surface area contributed by atoms with Crippen molar-refractivity contribution in [3.63, 3.8) is 0 Å². The Morgan fingerprint density at radius 2 is 2.12 bits per heavy atom. The first-order valence-electron chi connectivity index (χ1n) is 8.20. The lowest BCUT2D eigenvalue weighted by molar-refractivity contribution is 0.0651. The second kappa shape index (κ2) is 6.64. The number of carboxylic acid groups (broad SMARTS) is 1. The fourth-order valence-corrected chi connectivity index (χ4v) is 3.93. The summed E-state index contributed by atoms with van der Waals surface area (Å²) in [6, 6.07) is 1.56. The molecule has 0 aromatic carbocycles. The molecule has 0 bridgehead atoms. The lowest BCUT2D eigenvalue weighted by Gasteiger charge is -2.30. The van der Waals surface area contributed by atoms with Gasteiger partial charge in [-0.2, -0.15) is 0 Å². The number of hydrogen-bond donors (Lipinski definition) is 1. The topological polar surface area (TPSA) is 79.5 Å². The van der Waals surface area contributed by atoms with E-state index >= 15 is 0 Å². The van der Waals surface area contributed by atoms with Crippen molar-refractivity contribution < 1.29 is 14.4 Å². The Labute approximate surface area is 145 Å². The summed E-state index contributed by atoms with van der Waals surface area (Å²) in [5.41, 5.74) is 0.866. The second-order valence-electron chi connectivity index (χ2n) is 7.35. The van der Waals surface area contributed by atoms with Crippen molar-refractivity contribution in [2.75, 3.05) is 13.1 Å². The Balaban J connectivity index is 1.55. The largest absolute Gasteiger partial charge is 0.475 e. The van der Waals surface area contributed by atoms with E-state index in [4.69, 9.17) is 9.63 Å². The van der Waals surface area contributed by atoms with Gasteiger partial charge in [-0.15, -0.1) is 11.3 Å². The number of piperidine rings is 1. The van der Waals surface area contributed by atoms with Crippen LogP contribution < -0.4 is 0 Å². The summed E-state index contributed by atoms with van der Waals surface area (Å²) in [7, 11) is 0. The maximum absolute atomic E-state index is 10.9. The van der Waals surface area contributed by atoms with Crippen LogP contribution in [0.2, 0.25) is 0 Å². The van der Waals surface area contributed by atoms with Crippen molar-refractivity contribution in [1.82, 2.24) is 15.0 Å². The summed E-state index contributed by atoms with van der Waals surface area (Å²) in [6.45, 7) is 9.43. The average Bonchev–Trinajstić information content (AvgIpc) is 3.16. The molecule has 7 heteroatoms. The lowest BCUT2D eigenvalue weighted by atomic mass is 9.93. The smallest absolute Gasteiger partial charge is 0.374 e. The van der Waals surface area contributed by atoms with E-state index in [1.807, 2.05) is 6.20 Å². The highest BCUT2D eigenvalue weighted by atomic mass is 32.1. The molecule has 24 heavy (non-hydrogen) atoms. The van der Waals surface area contributed by atoms with E-state index in [9.17, 15) is 4.79 Å². The van der Waals surface area contributed by atoms with Crippen LogP contribution in [0.1, 0.15) is 65.7 Å². The number of aromatic nitrogens is 2. The molecule has 1 aliphatic heterocycles. The third-order valence-electron chi connectivity index (χ3n) is 4.32. The lowest BCUT2D eigenvalue weighted by Crippen LogP contribution is -2.32. The summed E-state index contributed by atoms with van der Waals surface area (Å²) >= 11 is 1.79. The summed E-state index contributed by atoms with van der Waals surface area (Å²) < 4.78 is 4.87. The number of aromatic carboxylic acids is 1. The molecule has 1 aliphatic rings. The Bertz CT molecular complexity index is 709. The van der Waals surface area contributed by atoms with Gasteiger partial charge in [-0.1, -0.05) is 25.9 Å². The second-order valence-corrected chi connectivity index (χ2v) is 8.47. The first-order valence-corrected chi connectivity index (χ1v) is 9.02. The zero-order valence-corrected chi connectivity index (χ0v) is 15.1. The van der Waals surface area contributed by atoms with Gasteiger partial charge in [0.25, 0.3) is 0 Å². The van der Waals surface area contributed by atoms with Gasteiger partial charge in [0.1, 0.15) is 0 Å². The molecule has 0 unspecified atom stereocenters. The normalized spacial score (nSPS) is 17.3. The van der Waals surface area contributed by atoms with Crippen molar-refractivity contribution in [3.05, 3.63) is 33.6 Å². The number of carboxylic acids is 1. The van der Waals surface area contributed by atoms with Gasteiger partial charge in [0.15, 0.2) is 0 Å². The van der Waals surface area contributed by atoms with Gasteiger partial charge < -0.3 is 9.63 Å². The van der Waals surface area contributed by atoms with Crippen molar-refractivity contribution in [2.45, 2.75) is 51.5 Å². The number of likely N-dealkylation sites (tertiary alicyclic amines) is 1. The molecular weight excluding hydrogens is 326 g/mol. The van der Waals surface area contributed by atoms with Crippen LogP contribution in [0.4, 0.5) is 0 Å². The maximum Gasteiger partial charge on any atom is 0.374 e. The van der Waals surface area contributed by atoms with Gasteiger partial charge >= 0.3 is 5.97 Å². The zero-order chi connectivity index (χ0) is 17.3. The number of carbonyl (C=O) groups is 1. The monoisotopic (exact) mass is 349 g/mol. The third-order valence-corrected chi connectivity index (χ3v) is 5.73. The molecule has 0 spiro atoms. The summed E-state index contributed by atoms with van der Waals surface area (Å²) in [4.78, 5) is 19.2. The molecule has 2 aromatic rings. The summed E-state index contributed by atoms with van der Waals surface area (Å²) in [5, 5.41) is 14.0. The molecule has 0 amide bonds. The molecule has 0 radical (unpaired) electrons. The van der Waals surface area contributed by atoms with E-state index in [1.54, 1.807) is 17.4 Å². The van der Waals surface area contributed by atoms with E-state index in [2.05, 4.69) is 35.8 Å². The standard InChI is InChI=1S/C17H23N3O3S/c1-17(2,3)16-18-9-12(24-16)10-20-6-4-11(5-7-20)13-8-14(15(21)22)23-19-13/h8-9,11H,4-7,10H2,1-3H3,(H,21,22). The highest BCUT2D eigenvalue weighted by Gasteiger charge is 2.25. The van der Waals surface area contributed by atoms with Crippen LogP contribution in [0.3, 0.4) is 0 Å². The van der Waals surface area contributed by atoms with Gasteiger partial charge in [-0.3, -0.25) is 4.90 Å². The fourth-order valence-electron chi connectivity index (χ4n) is 2.92. The zero-order valence-electron chi connectivity index (χ0n) is 14.3. The van der Waals surface area contributed by atoms with Gasteiger partial charge in [-0.25, -0.2) is 9.78 Å². The molecule has 0 saturated carbocycles. The molecule has 3 heterocycles. The van der Waals surface area contributed by atoms with Crippen molar-refractivity contribution in [3.8, 4) is 0 Å². The van der Waals surface area contributed by atoms with Crippen molar-refractivity contribution in [2.24, 2.45) is 0 Å². The first-order chi connectivity index (χ1) is 11.3. The van der Waals surface area contributed by atoms with Crippen LogP contribution in [-0.4, -0.2) is 39.2 Å². The summed E-state index contributed by atoms with van der Waals surface area (Å²) in [6.07, 6.45) is 3.93. The minimum absolute atomic E-state index is 0.0770. The molecule has 130 valence electrons. The van der Waals surface area contributed by atoms with E-state index in [-0.39, 0.29) is 17.1 Å². The van der Waals surface area contributed by atoms with E-state index in [0.29, 0.717) is 0 Å². The Hall–Kier alpha value is -1.73. The molecule has 1 N–H and O–H groups in total. The fraction of sp³-hybridized carbons (Fsp3) is 0.588. The highest BCUT2D eigenvalue weighted by Crippen LogP contribution is 2.31. The number of rotatable bonds is 4. The molecule has 2 aromatic heterocycles. The van der Waals surface area contributed by atoms with E-state index in [0.717, 1.165) is 38.2 Å². The minimum Gasteiger partial charge on any atom is -0.475 e. The SMILES string of the molecule is CC(C)(C)c1ncc(CN2CCC(c3cc(C(=O)O)on3)CC2)s1. The van der Waals surface area contributed by atoms with E-state index in [1.165, 1.54) is 9.88 Å². The summed E-state index contributed by atoms with van der Waals surface area (Å²) in [5.74, 6) is -0.859. The quantitative estimate of drug-likeness (QED) is 0.910. The van der Waals surface area contributed by atoms with Crippen LogP contribution in [0.5, 0.6) is 0 Å². The maximum atomic E-state index is 10.9. The highest BCUT2D eigenvalue weighted by molar-refractivity contribution is 7.11. The first kappa shape index (κ1) is 17.1. The van der Waals surface area contributed by atoms with Crippen LogP contribution in [0, 0.1) is 0 Å². The predicted molar refractivity (Wildman–Crippen MR) is 91.5 cm³/mol. The van der Waals surface area contributed by atoms with Crippen molar-refractivity contribution in [1.29, 1.82) is 0 Å². The molecule has 0 atom stereocenters. The number of thiazole rings is 1. The van der Waals surface area contributed by atoms with Crippen LogP contribution in [0.25, 0.3) is 0 Å². The number of nitrogens with zero attached hydrogens (tertiary/aromatic N) is 3. The van der Waals surface area contributed by atoms with Gasteiger partial charge in [0, 0.05) is 35.0 Å². The van der Waals surface area contributed by atoms with Crippen LogP contribution in [0.15, 0.2) is 16.8 Å². The van der Waals surface area contributed by atoms with Crippen LogP contribution in [-0.2, 0) is 12.0 Å². The van der Waals surface area contributed by atoms with Crippen LogP contribution >= 0.6 is 11.3 Å². The molecule has 1 fully saturated rings. The third kappa shape index (κ3) is 3.84. The Kier molecular flexibility index (Phi) is 4.73. The molecule has 6 nitrogen and oxygen atoms in total. The predicted octanol–water partition coefficient (Wildman–Crippen LogP) is 3.51. The van der Waals surface area contributed by atoms with Gasteiger partial charge in [0.05, 0.1) is 10.7 Å². The molecule has 0 aliphatic carbocycles.